The highest BCUT2D eigenvalue weighted by Gasteiger charge is 2.38. The lowest BCUT2D eigenvalue weighted by molar-refractivity contribution is -0.151. The van der Waals surface area contributed by atoms with Gasteiger partial charge < -0.3 is 14.9 Å². The van der Waals surface area contributed by atoms with Crippen LogP contribution in [0.25, 0.3) is 0 Å². The molecule has 2 heterocycles. The molecule has 0 aliphatic carbocycles. The fourth-order valence-electron chi connectivity index (χ4n) is 3.31. The first kappa shape index (κ1) is 14.8. The molecule has 2 aliphatic heterocycles. The molecule has 0 aromatic rings. The van der Waals surface area contributed by atoms with E-state index >= 15 is 0 Å². The number of rotatable bonds is 5. The van der Waals surface area contributed by atoms with Crippen molar-refractivity contribution in [3.63, 3.8) is 0 Å². The number of likely N-dealkylation sites (tertiary alicyclic amines) is 2. The molecular weight excluding hydrogens is 240 g/mol. The van der Waals surface area contributed by atoms with Crippen molar-refractivity contribution in [2.75, 3.05) is 39.3 Å². The number of hydrogen-bond donors (Lipinski definition) is 1. The van der Waals surface area contributed by atoms with Gasteiger partial charge in [-0.05, 0) is 65.1 Å². The number of piperidine rings is 1. The van der Waals surface area contributed by atoms with Crippen LogP contribution in [0.15, 0.2) is 0 Å². The summed E-state index contributed by atoms with van der Waals surface area (Å²) in [5, 5.41) is 9.36. The molecule has 1 unspecified atom stereocenters. The van der Waals surface area contributed by atoms with Crippen molar-refractivity contribution in [3.05, 3.63) is 0 Å². The van der Waals surface area contributed by atoms with E-state index in [-0.39, 0.29) is 5.92 Å². The molecule has 0 aromatic carbocycles. The summed E-state index contributed by atoms with van der Waals surface area (Å²) in [5.41, 5.74) is -0.591. The van der Waals surface area contributed by atoms with Gasteiger partial charge in [0.15, 0.2) is 0 Å². The molecular formula is C15H28N2O2. The Kier molecular flexibility index (Phi) is 4.85. The molecule has 0 radical (unpaired) electrons. The van der Waals surface area contributed by atoms with Crippen LogP contribution >= 0.6 is 0 Å². The molecule has 4 nitrogen and oxygen atoms in total. The Bertz CT molecular complexity index is 311. The monoisotopic (exact) mass is 268 g/mol. The minimum absolute atomic E-state index is 0.289. The topological polar surface area (TPSA) is 43.8 Å². The zero-order valence-corrected chi connectivity index (χ0v) is 12.4. The van der Waals surface area contributed by atoms with Crippen molar-refractivity contribution in [2.24, 2.45) is 11.3 Å². The van der Waals surface area contributed by atoms with Crippen LogP contribution in [0.1, 0.15) is 39.5 Å². The van der Waals surface area contributed by atoms with E-state index in [0.29, 0.717) is 0 Å². The van der Waals surface area contributed by atoms with Crippen LogP contribution in [-0.2, 0) is 4.79 Å². The molecule has 2 rings (SSSR count). The Balaban J connectivity index is 1.81. The van der Waals surface area contributed by atoms with Gasteiger partial charge in [-0.15, -0.1) is 0 Å². The zero-order valence-electron chi connectivity index (χ0n) is 12.4. The highest BCUT2D eigenvalue weighted by atomic mass is 16.4. The van der Waals surface area contributed by atoms with Gasteiger partial charge in [-0.25, -0.2) is 0 Å². The lowest BCUT2D eigenvalue weighted by Crippen LogP contribution is -2.46. The van der Waals surface area contributed by atoms with E-state index in [1.165, 1.54) is 25.9 Å². The summed E-state index contributed by atoms with van der Waals surface area (Å²) in [6, 6.07) is 0. The largest absolute Gasteiger partial charge is 0.481 e. The van der Waals surface area contributed by atoms with Crippen LogP contribution in [0.5, 0.6) is 0 Å². The number of hydrogen-bond acceptors (Lipinski definition) is 3. The highest BCUT2D eigenvalue weighted by molar-refractivity contribution is 5.74. The molecule has 1 atom stereocenters. The van der Waals surface area contributed by atoms with Crippen molar-refractivity contribution in [1.82, 2.24) is 9.80 Å². The summed E-state index contributed by atoms with van der Waals surface area (Å²) in [7, 11) is 0. The second-order valence-electron chi connectivity index (χ2n) is 6.72. The summed E-state index contributed by atoms with van der Waals surface area (Å²) >= 11 is 0. The van der Waals surface area contributed by atoms with E-state index in [9.17, 15) is 9.90 Å². The summed E-state index contributed by atoms with van der Waals surface area (Å²) in [6.45, 7) is 10.6. The summed E-state index contributed by atoms with van der Waals surface area (Å²) in [4.78, 5) is 16.4. The lowest BCUT2D eigenvalue weighted by atomic mass is 9.74. The molecule has 2 saturated heterocycles. The Hall–Kier alpha value is -0.610. The highest BCUT2D eigenvalue weighted by Crippen LogP contribution is 2.34. The van der Waals surface area contributed by atoms with Crippen molar-refractivity contribution >= 4 is 5.97 Å². The molecule has 0 bridgehead atoms. The molecule has 4 heteroatoms. The van der Waals surface area contributed by atoms with E-state index in [0.717, 1.165) is 39.0 Å². The molecule has 0 spiro atoms. The van der Waals surface area contributed by atoms with Crippen LogP contribution in [0, 0.1) is 11.3 Å². The maximum Gasteiger partial charge on any atom is 0.309 e. The minimum atomic E-state index is -0.654. The van der Waals surface area contributed by atoms with Crippen LogP contribution in [0.3, 0.4) is 0 Å². The smallest absolute Gasteiger partial charge is 0.309 e. The van der Waals surface area contributed by atoms with Gasteiger partial charge in [0.25, 0.3) is 0 Å². The van der Waals surface area contributed by atoms with Gasteiger partial charge in [0.2, 0.25) is 0 Å². The lowest BCUT2D eigenvalue weighted by Gasteiger charge is -2.39. The molecule has 2 fully saturated rings. The number of aliphatic carboxylic acids is 1. The molecule has 110 valence electrons. The number of carboxylic acid groups (broad SMARTS) is 1. The molecule has 19 heavy (non-hydrogen) atoms. The van der Waals surface area contributed by atoms with Crippen molar-refractivity contribution in [1.29, 1.82) is 0 Å². The van der Waals surface area contributed by atoms with Gasteiger partial charge in [-0.3, -0.25) is 4.79 Å². The fraction of sp³-hybridized carbons (Fsp3) is 0.933. The molecule has 0 aromatic heterocycles. The average Bonchev–Trinajstić information content (AvgIpc) is 2.89. The maximum absolute atomic E-state index is 11.4. The Morgan fingerprint density at radius 1 is 1.11 bits per heavy atom. The van der Waals surface area contributed by atoms with Gasteiger partial charge in [0, 0.05) is 19.6 Å². The number of carboxylic acids is 1. The van der Waals surface area contributed by atoms with E-state index < -0.39 is 11.4 Å². The predicted octanol–water partition coefficient (Wildman–Crippen LogP) is 1.91. The van der Waals surface area contributed by atoms with Crippen LogP contribution < -0.4 is 0 Å². The minimum Gasteiger partial charge on any atom is -0.481 e. The Morgan fingerprint density at radius 2 is 1.68 bits per heavy atom. The Morgan fingerprint density at radius 3 is 2.32 bits per heavy atom. The first-order chi connectivity index (χ1) is 9.00. The maximum atomic E-state index is 11.4. The molecule has 1 N–H and O–H groups in total. The van der Waals surface area contributed by atoms with Gasteiger partial charge in [-0.1, -0.05) is 0 Å². The first-order valence-corrected chi connectivity index (χ1v) is 7.68. The number of nitrogens with zero attached hydrogens (tertiary/aromatic N) is 2. The molecule has 2 aliphatic rings. The zero-order chi connectivity index (χ0) is 13.9. The van der Waals surface area contributed by atoms with Crippen molar-refractivity contribution in [2.45, 2.75) is 39.5 Å². The third-order valence-corrected chi connectivity index (χ3v) is 5.01. The quantitative estimate of drug-likeness (QED) is 0.827. The van der Waals surface area contributed by atoms with Gasteiger partial charge in [0.05, 0.1) is 5.41 Å². The van der Waals surface area contributed by atoms with Crippen LogP contribution in [0.4, 0.5) is 0 Å². The fourth-order valence-corrected chi connectivity index (χ4v) is 3.31. The summed E-state index contributed by atoms with van der Waals surface area (Å²) in [6.07, 6.45) is 4.88. The molecule has 0 amide bonds. The van der Waals surface area contributed by atoms with E-state index in [1.54, 1.807) is 0 Å². The predicted molar refractivity (Wildman–Crippen MR) is 76.3 cm³/mol. The van der Waals surface area contributed by atoms with Gasteiger partial charge in [-0.2, -0.15) is 0 Å². The van der Waals surface area contributed by atoms with Crippen LogP contribution in [0.2, 0.25) is 0 Å². The SMILES string of the molecule is CC(C)(C(=O)O)C1CCCN(CCN2CCCC2)C1. The van der Waals surface area contributed by atoms with Crippen LogP contribution in [-0.4, -0.2) is 60.1 Å². The van der Waals surface area contributed by atoms with Gasteiger partial charge >= 0.3 is 5.97 Å². The van der Waals surface area contributed by atoms with Gasteiger partial charge in [0.1, 0.15) is 0 Å². The third-order valence-electron chi connectivity index (χ3n) is 5.01. The molecule has 0 saturated carbocycles. The summed E-state index contributed by atoms with van der Waals surface area (Å²) < 4.78 is 0. The normalized spacial score (nSPS) is 26.7. The summed E-state index contributed by atoms with van der Waals surface area (Å²) in [5.74, 6) is -0.365. The average molecular weight is 268 g/mol. The van der Waals surface area contributed by atoms with E-state index in [1.807, 2.05) is 13.8 Å². The van der Waals surface area contributed by atoms with E-state index in [2.05, 4.69) is 9.80 Å². The first-order valence-electron chi connectivity index (χ1n) is 7.68. The number of carbonyl (C=O) groups is 1. The second-order valence-corrected chi connectivity index (χ2v) is 6.72. The third kappa shape index (κ3) is 3.69. The second kappa shape index (κ2) is 6.23. The van der Waals surface area contributed by atoms with E-state index in [4.69, 9.17) is 0 Å². The standard InChI is InChI=1S/C15H28N2O2/c1-15(2,14(18)19)13-6-5-9-17(12-13)11-10-16-7-3-4-8-16/h13H,3-12H2,1-2H3,(H,18,19). The Labute approximate surface area is 116 Å². The van der Waals surface area contributed by atoms with Crippen molar-refractivity contribution in [3.8, 4) is 0 Å². The van der Waals surface area contributed by atoms with Crippen molar-refractivity contribution < 1.29 is 9.90 Å².